The molecule has 0 aliphatic carbocycles. The van der Waals surface area contributed by atoms with Gasteiger partial charge in [0.2, 0.25) is 21.8 Å². The first kappa shape index (κ1) is 26.4. The van der Waals surface area contributed by atoms with Crippen LogP contribution in [0, 0.1) is 6.92 Å². The van der Waals surface area contributed by atoms with E-state index in [4.69, 9.17) is 0 Å². The highest BCUT2D eigenvalue weighted by molar-refractivity contribution is 7.92. The lowest BCUT2D eigenvalue weighted by molar-refractivity contribution is -0.139. The molecule has 2 rings (SSSR count). The van der Waals surface area contributed by atoms with Crippen molar-refractivity contribution in [2.75, 3.05) is 23.7 Å². The van der Waals surface area contributed by atoms with Crippen molar-refractivity contribution in [2.45, 2.75) is 53.1 Å². The second-order valence-electron chi connectivity index (χ2n) is 8.27. The van der Waals surface area contributed by atoms with Gasteiger partial charge in [-0.05, 0) is 49.9 Å². The summed E-state index contributed by atoms with van der Waals surface area (Å²) in [5, 5.41) is 2.83. The molecule has 0 bridgehead atoms. The summed E-state index contributed by atoms with van der Waals surface area (Å²) in [7, 11) is -3.72. The Hall–Kier alpha value is -2.87. The molecule has 0 heterocycles. The number of anilines is 1. The first-order chi connectivity index (χ1) is 15.6. The molecule has 0 aliphatic heterocycles. The fourth-order valence-corrected chi connectivity index (χ4v) is 4.35. The van der Waals surface area contributed by atoms with E-state index in [0.29, 0.717) is 12.2 Å². The van der Waals surface area contributed by atoms with Crippen LogP contribution < -0.4 is 9.62 Å². The summed E-state index contributed by atoms with van der Waals surface area (Å²) in [4.78, 5) is 27.6. The van der Waals surface area contributed by atoms with E-state index in [-0.39, 0.29) is 19.0 Å². The molecule has 0 saturated heterocycles. The quantitative estimate of drug-likeness (QED) is 0.543. The minimum absolute atomic E-state index is 0.202. The number of nitrogens with zero attached hydrogens (tertiary/aromatic N) is 2. The maximum atomic E-state index is 13.4. The molecule has 8 heteroatoms. The van der Waals surface area contributed by atoms with Crippen molar-refractivity contribution in [3.63, 3.8) is 0 Å². The monoisotopic (exact) mass is 473 g/mol. The highest BCUT2D eigenvalue weighted by Gasteiger charge is 2.30. The minimum atomic E-state index is -3.72. The van der Waals surface area contributed by atoms with Gasteiger partial charge in [-0.2, -0.15) is 0 Å². The van der Waals surface area contributed by atoms with Crippen molar-refractivity contribution in [1.29, 1.82) is 0 Å². The fraction of sp³-hybridized carbons (Fsp3) is 0.440. The average molecular weight is 474 g/mol. The molecule has 0 unspecified atom stereocenters. The Labute approximate surface area is 197 Å². The molecular formula is C25H35N3O4S. The minimum Gasteiger partial charge on any atom is -0.354 e. The average Bonchev–Trinajstić information content (AvgIpc) is 2.78. The normalized spacial score (nSPS) is 12.2. The van der Waals surface area contributed by atoms with Crippen molar-refractivity contribution in [3.8, 4) is 0 Å². The highest BCUT2D eigenvalue weighted by atomic mass is 32.2. The second kappa shape index (κ2) is 11.8. The Morgan fingerprint density at radius 2 is 1.70 bits per heavy atom. The lowest BCUT2D eigenvalue weighted by atomic mass is 10.1. The Balaban J connectivity index is 2.36. The van der Waals surface area contributed by atoms with E-state index >= 15 is 0 Å². The number of nitrogens with one attached hydrogen (secondary N) is 1. The predicted octanol–water partition coefficient (Wildman–Crippen LogP) is 3.27. The van der Waals surface area contributed by atoms with E-state index in [1.54, 1.807) is 19.1 Å². The summed E-state index contributed by atoms with van der Waals surface area (Å²) >= 11 is 0. The number of carbonyl (C=O) groups is 2. The van der Waals surface area contributed by atoms with Crippen molar-refractivity contribution < 1.29 is 18.0 Å². The summed E-state index contributed by atoms with van der Waals surface area (Å²) in [6.07, 6.45) is 2.68. The molecule has 0 spiro atoms. The molecule has 0 fully saturated rings. The van der Waals surface area contributed by atoms with Crippen LogP contribution in [-0.2, 0) is 32.6 Å². The Morgan fingerprint density at radius 3 is 2.24 bits per heavy atom. The first-order valence-electron chi connectivity index (χ1n) is 11.3. The van der Waals surface area contributed by atoms with Gasteiger partial charge in [0, 0.05) is 13.1 Å². The van der Waals surface area contributed by atoms with Gasteiger partial charge in [-0.25, -0.2) is 8.42 Å². The zero-order chi connectivity index (χ0) is 24.6. The van der Waals surface area contributed by atoms with Crippen LogP contribution in [0.15, 0.2) is 48.5 Å². The third kappa shape index (κ3) is 7.60. The second-order valence-corrected chi connectivity index (χ2v) is 10.2. The van der Waals surface area contributed by atoms with Crippen LogP contribution in [-0.4, -0.2) is 50.5 Å². The van der Waals surface area contributed by atoms with E-state index in [1.165, 1.54) is 4.90 Å². The number of hydrogen-bond acceptors (Lipinski definition) is 4. The van der Waals surface area contributed by atoms with E-state index in [0.717, 1.165) is 40.1 Å². The third-order valence-electron chi connectivity index (χ3n) is 5.46. The SMILES string of the molecule is CCCNC(=O)[C@H](C)N(Cc1cccc(C)c1)C(=O)CN(c1ccc(CC)cc1)S(C)(=O)=O. The number of aryl methyl sites for hydroxylation is 2. The van der Waals surface area contributed by atoms with E-state index < -0.39 is 22.0 Å². The van der Waals surface area contributed by atoms with Crippen LogP contribution in [0.2, 0.25) is 0 Å². The molecule has 180 valence electrons. The number of carbonyl (C=O) groups excluding carboxylic acids is 2. The van der Waals surface area contributed by atoms with Crippen LogP contribution in [0.5, 0.6) is 0 Å². The standard InChI is InChI=1S/C25H35N3O4S/c1-6-15-26-25(30)20(4)27(17-22-10-8-9-19(3)16-22)24(29)18-28(33(5,31)32)23-13-11-21(7-2)12-14-23/h8-14,16,20H,6-7,15,17-18H2,1-5H3,(H,26,30)/t20-/m0/s1. The molecule has 2 aromatic carbocycles. The van der Waals surface area contributed by atoms with Crippen molar-refractivity contribution in [2.24, 2.45) is 0 Å². The van der Waals surface area contributed by atoms with Gasteiger partial charge >= 0.3 is 0 Å². The van der Waals surface area contributed by atoms with Crippen molar-refractivity contribution in [3.05, 3.63) is 65.2 Å². The lowest BCUT2D eigenvalue weighted by Crippen LogP contribution is -2.51. The molecule has 0 aliphatic rings. The fourth-order valence-electron chi connectivity index (χ4n) is 3.50. The molecule has 0 aromatic heterocycles. The zero-order valence-corrected chi connectivity index (χ0v) is 21.0. The predicted molar refractivity (Wildman–Crippen MR) is 133 cm³/mol. The number of sulfonamides is 1. The van der Waals surface area contributed by atoms with Gasteiger partial charge in [-0.3, -0.25) is 13.9 Å². The summed E-state index contributed by atoms with van der Waals surface area (Å²) < 4.78 is 26.2. The van der Waals surface area contributed by atoms with Gasteiger partial charge in [-0.1, -0.05) is 55.8 Å². The summed E-state index contributed by atoms with van der Waals surface area (Å²) in [5.41, 5.74) is 3.40. The lowest BCUT2D eigenvalue weighted by Gasteiger charge is -2.31. The topological polar surface area (TPSA) is 86.8 Å². The van der Waals surface area contributed by atoms with Crippen LogP contribution >= 0.6 is 0 Å². The molecule has 2 amide bonds. The summed E-state index contributed by atoms with van der Waals surface area (Å²) in [6.45, 7) is 7.91. The van der Waals surface area contributed by atoms with Gasteiger partial charge < -0.3 is 10.2 Å². The molecule has 7 nitrogen and oxygen atoms in total. The number of hydrogen-bond donors (Lipinski definition) is 1. The Bertz CT molecular complexity index is 1050. The molecule has 2 aromatic rings. The maximum absolute atomic E-state index is 13.4. The number of amides is 2. The summed E-state index contributed by atoms with van der Waals surface area (Å²) in [6, 6.07) is 14.0. The molecular weight excluding hydrogens is 438 g/mol. The maximum Gasteiger partial charge on any atom is 0.244 e. The van der Waals surface area contributed by atoms with Gasteiger partial charge in [-0.15, -0.1) is 0 Å². The molecule has 0 saturated carbocycles. The van der Waals surface area contributed by atoms with Crippen molar-refractivity contribution >= 4 is 27.5 Å². The Kier molecular flexibility index (Phi) is 9.46. The molecule has 1 N–H and O–H groups in total. The number of benzene rings is 2. The van der Waals surface area contributed by atoms with Gasteiger partial charge in [0.25, 0.3) is 0 Å². The largest absolute Gasteiger partial charge is 0.354 e. The van der Waals surface area contributed by atoms with E-state index in [9.17, 15) is 18.0 Å². The highest BCUT2D eigenvalue weighted by Crippen LogP contribution is 2.20. The van der Waals surface area contributed by atoms with Crippen molar-refractivity contribution in [1.82, 2.24) is 10.2 Å². The van der Waals surface area contributed by atoms with Crippen LogP contribution in [0.25, 0.3) is 0 Å². The van der Waals surface area contributed by atoms with Gasteiger partial charge in [0.15, 0.2) is 0 Å². The molecule has 0 radical (unpaired) electrons. The smallest absolute Gasteiger partial charge is 0.244 e. The Morgan fingerprint density at radius 1 is 1.03 bits per heavy atom. The van der Waals surface area contributed by atoms with E-state index in [2.05, 4.69) is 5.32 Å². The van der Waals surface area contributed by atoms with E-state index in [1.807, 2.05) is 57.2 Å². The summed E-state index contributed by atoms with van der Waals surface area (Å²) in [5.74, 6) is -0.711. The van der Waals surface area contributed by atoms with Gasteiger partial charge in [0.1, 0.15) is 12.6 Å². The molecule has 1 atom stereocenters. The van der Waals surface area contributed by atoms with Gasteiger partial charge in [0.05, 0.1) is 11.9 Å². The third-order valence-corrected chi connectivity index (χ3v) is 6.60. The van der Waals surface area contributed by atoms with Crippen LogP contribution in [0.1, 0.15) is 43.9 Å². The first-order valence-corrected chi connectivity index (χ1v) is 13.1. The molecule has 33 heavy (non-hydrogen) atoms. The van der Waals surface area contributed by atoms with Crippen LogP contribution in [0.3, 0.4) is 0 Å². The van der Waals surface area contributed by atoms with Crippen LogP contribution in [0.4, 0.5) is 5.69 Å². The number of rotatable bonds is 11. The zero-order valence-electron chi connectivity index (χ0n) is 20.2.